The van der Waals surface area contributed by atoms with Crippen LogP contribution in [-0.2, 0) is 18.6 Å². The molecular formula is C11H24NO4P. The Morgan fingerprint density at radius 3 is 2.29 bits per heavy atom. The number of carbonyl (C=O) groups excluding carboxylic acids is 1. The van der Waals surface area contributed by atoms with Crippen molar-refractivity contribution in [1.29, 1.82) is 0 Å². The van der Waals surface area contributed by atoms with Gasteiger partial charge in [-0.2, -0.15) is 0 Å². The maximum Gasteiger partial charge on any atom is 0.322 e. The molecule has 0 aliphatic heterocycles. The third-order valence-electron chi connectivity index (χ3n) is 2.21. The molecule has 0 aromatic rings. The van der Waals surface area contributed by atoms with E-state index in [0.29, 0.717) is 13.2 Å². The second-order valence-corrected chi connectivity index (χ2v) is 5.03. The summed E-state index contributed by atoms with van der Waals surface area (Å²) in [6, 6.07) is -0.236. The van der Waals surface area contributed by atoms with Crippen LogP contribution < -0.4 is 5.32 Å². The van der Waals surface area contributed by atoms with Crippen LogP contribution in [0.2, 0.25) is 0 Å². The fourth-order valence-corrected chi connectivity index (χ4v) is 2.75. The lowest BCUT2D eigenvalue weighted by atomic mass is 10.2. The summed E-state index contributed by atoms with van der Waals surface area (Å²) >= 11 is 0. The van der Waals surface area contributed by atoms with Crippen molar-refractivity contribution in [1.82, 2.24) is 5.32 Å². The van der Waals surface area contributed by atoms with Gasteiger partial charge in [-0.25, -0.2) is 0 Å². The monoisotopic (exact) mass is 265 g/mol. The molecule has 0 heterocycles. The molecule has 102 valence electrons. The summed E-state index contributed by atoms with van der Waals surface area (Å²) in [6.45, 7) is 5.24. The van der Waals surface area contributed by atoms with Gasteiger partial charge in [0.05, 0.1) is 20.3 Å². The SMILES string of the molecule is CCOP(CCCC(NC)C(=O)OC)OCC. The average Bonchev–Trinajstić information content (AvgIpc) is 2.34. The van der Waals surface area contributed by atoms with Crippen LogP contribution in [0.5, 0.6) is 0 Å². The van der Waals surface area contributed by atoms with Crippen LogP contribution in [0, 0.1) is 0 Å². The number of likely N-dealkylation sites (N-methyl/N-ethyl adjacent to an activating group) is 1. The molecule has 0 amide bonds. The van der Waals surface area contributed by atoms with Gasteiger partial charge in [0.25, 0.3) is 0 Å². The standard InChI is InChI=1S/C11H24NO4P/c1-5-15-17(16-6-2)9-7-8-10(12-3)11(13)14-4/h10,12H,5-9H2,1-4H3. The van der Waals surface area contributed by atoms with Gasteiger partial charge in [-0.05, 0) is 33.7 Å². The second-order valence-electron chi connectivity index (χ2n) is 3.40. The van der Waals surface area contributed by atoms with Gasteiger partial charge < -0.3 is 19.1 Å². The highest BCUT2D eigenvalue weighted by Gasteiger charge is 2.17. The van der Waals surface area contributed by atoms with Gasteiger partial charge in [0, 0.05) is 6.16 Å². The molecular weight excluding hydrogens is 241 g/mol. The van der Waals surface area contributed by atoms with E-state index in [1.54, 1.807) is 7.05 Å². The molecule has 0 aliphatic rings. The third kappa shape index (κ3) is 7.66. The molecule has 0 aromatic heterocycles. The van der Waals surface area contributed by atoms with E-state index >= 15 is 0 Å². The van der Waals surface area contributed by atoms with Crippen LogP contribution in [0.4, 0.5) is 0 Å². The minimum Gasteiger partial charge on any atom is -0.468 e. The number of nitrogens with one attached hydrogen (secondary N) is 1. The largest absolute Gasteiger partial charge is 0.468 e. The molecule has 0 saturated carbocycles. The summed E-state index contributed by atoms with van der Waals surface area (Å²) in [6.07, 6.45) is 2.47. The highest BCUT2D eigenvalue weighted by molar-refractivity contribution is 7.47. The Balaban J connectivity index is 3.87. The van der Waals surface area contributed by atoms with Crippen molar-refractivity contribution in [2.75, 3.05) is 33.5 Å². The predicted octanol–water partition coefficient (Wildman–Crippen LogP) is 1.91. The van der Waals surface area contributed by atoms with Crippen LogP contribution in [-0.4, -0.2) is 45.5 Å². The molecule has 0 fully saturated rings. The first-order valence-corrected chi connectivity index (χ1v) is 7.34. The van der Waals surface area contributed by atoms with E-state index in [0.717, 1.165) is 19.0 Å². The zero-order valence-electron chi connectivity index (χ0n) is 11.2. The molecule has 0 aromatic carbocycles. The molecule has 1 atom stereocenters. The van der Waals surface area contributed by atoms with Crippen molar-refractivity contribution in [3.8, 4) is 0 Å². The summed E-state index contributed by atoms with van der Waals surface area (Å²) < 4.78 is 15.7. The number of rotatable bonds is 10. The van der Waals surface area contributed by atoms with Gasteiger partial charge >= 0.3 is 5.97 Å². The summed E-state index contributed by atoms with van der Waals surface area (Å²) in [5.41, 5.74) is 0. The van der Waals surface area contributed by atoms with Crippen molar-refractivity contribution < 1.29 is 18.6 Å². The predicted molar refractivity (Wildman–Crippen MR) is 69.1 cm³/mol. The summed E-state index contributed by atoms with van der Waals surface area (Å²) in [5, 5.41) is 2.94. The zero-order valence-corrected chi connectivity index (χ0v) is 12.1. The van der Waals surface area contributed by atoms with Crippen molar-refractivity contribution >= 4 is 14.3 Å². The van der Waals surface area contributed by atoms with Gasteiger partial charge in [-0.1, -0.05) is 0 Å². The summed E-state index contributed by atoms with van der Waals surface area (Å²) in [4.78, 5) is 11.3. The van der Waals surface area contributed by atoms with Crippen molar-refractivity contribution in [2.45, 2.75) is 32.7 Å². The highest BCUT2D eigenvalue weighted by Crippen LogP contribution is 2.38. The molecule has 0 bridgehead atoms. The molecule has 0 rings (SSSR count). The number of ether oxygens (including phenoxy) is 1. The fourth-order valence-electron chi connectivity index (χ4n) is 1.40. The van der Waals surface area contributed by atoms with Crippen molar-refractivity contribution in [3.63, 3.8) is 0 Å². The van der Waals surface area contributed by atoms with Gasteiger partial charge in [-0.3, -0.25) is 4.79 Å². The normalized spacial score (nSPS) is 12.8. The van der Waals surface area contributed by atoms with E-state index in [1.807, 2.05) is 13.8 Å². The van der Waals surface area contributed by atoms with Gasteiger partial charge in [0.1, 0.15) is 6.04 Å². The van der Waals surface area contributed by atoms with Gasteiger partial charge in [0.15, 0.2) is 8.38 Å². The maximum atomic E-state index is 11.3. The minimum atomic E-state index is -0.800. The molecule has 1 unspecified atom stereocenters. The minimum absolute atomic E-state index is 0.218. The Hall–Kier alpha value is -0.220. The summed E-state index contributed by atoms with van der Waals surface area (Å²) in [7, 11) is 2.36. The maximum absolute atomic E-state index is 11.3. The molecule has 17 heavy (non-hydrogen) atoms. The Bertz CT molecular complexity index is 198. The lowest BCUT2D eigenvalue weighted by Gasteiger charge is -2.17. The third-order valence-corrected chi connectivity index (χ3v) is 3.99. The zero-order chi connectivity index (χ0) is 13.1. The molecule has 0 aliphatic carbocycles. The van der Waals surface area contributed by atoms with E-state index in [2.05, 4.69) is 5.32 Å². The van der Waals surface area contributed by atoms with Gasteiger partial charge in [0.2, 0.25) is 0 Å². The lowest BCUT2D eigenvalue weighted by Crippen LogP contribution is -2.35. The van der Waals surface area contributed by atoms with Gasteiger partial charge in [-0.15, -0.1) is 0 Å². The smallest absolute Gasteiger partial charge is 0.322 e. The molecule has 5 nitrogen and oxygen atoms in total. The first kappa shape index (κ1) is 16.8. The van der Waals surface area contributed by atoms with Crippen molar-refractivity contribution in [3.05, 3.63) is 0 Å². The molecule has 0 radical (unpaired) electrons. The Labute approximate surface area is 105 Å². The van der Waals surface area contributed by atoms with E-state index in [9.17, 15) is 4.79 Å². The van der Waals surface area contributed by atoms with E-state index in [4.69, 9.17) is 13.8 Å². The Morgan fingerprint density at radius 1 is 1.29 bits per heavy atom. The number of carbonyl (C=O) groups is 1. The summed E-state index contributed by atoms with van der Waals surface area (Å²) in [5.74, 6) is -0.218. The highest BCUT2D eigenvalue weighted by atomic mass is 31.2. The number of hydrogen-bond donors (Lipinski definition) is 1. The number of esters is 1. The quantitative estimate of drug-likeness (QED) is 0.483. The van der Waals surface area contributed by atoms with Crippen LogP contribution in [0.1, 0.15) is 26.7 Å². The fraction of sp³-hybridized carbons (Fsp3) is 0.909. The molecule has 0 spiro atoms. The first-order chi connectivity index (χ1) is 8.19. The van der Waals surface area contributed by atoms with Crippen LogP contribution >= 0.6 is 8.38 Å². The number of hydrogen-bond acceptors (Lipinski definition) is 5. The van der Waals surface area contributed by atoms with E-state index in [-0.39, 0.29) is 12.0 Å². The van der Waals surface area contributed by atoms with Crippen LogP contribution in [0.25, 0.3) is 0 Å². The molecule has 1 N–H and O–H groups in total. The van der Waals surface area contributed by atoms with E-state index in [1.165, 1.54) is 7.11 Å². The first-order valence-electron chi connectivity index (χ1n) is 5.98. The molecule has 6 heteroatoms. The van der Waals surface area contributed by atoms with Crippen molar-refractivity contribution in [2.24, 2.45) is 0 Å². The Morgan fingerprint density at radius 2 is 1.88 bits per heavy atom. The number of methoxy groups -OCH3 is 1. The molecule has 0 saturated heterocycles. The average molecular weight is 265 g/mol. The van der Waals surface area contributed by atoms with E-state index < -0.39 is 8.38 Å². The van der Waals surface area contributed by atoms with Crippen LogP contribution in [0.15, 0.2) is 0 Å². The Kier molecular flexibility index (Phi) is 10.8. The second kappa shape index (κ2) is 10.9. The topological polar surface area (TPSA) is 56.8 Å². The van der Waals surface area contributed by atoms with Crippen LogP contribution in [0.3, 0.4) is 0 Å². The lowest BCUT2D eigenvalue weighted by molar-refractivity contribution is -0.143.